The third kappa shape index (κ3) is 4.29. The van der Waals surface area contributed by atoms with Gasteiger partial charge in [-0.15, -0.1) is 0 Å². The lowest BCUT2D eigenvalue weighted by atomic mass is 10.0. The van der Waals surface area contributed by atoms with E-state index in [0.717, 1.165) is 0 Å². The molecule has 3 rings (SSSR count). The molecule has 8 nitrogen and oxygen atoms in total. The van der Waals surface area contributed by atoms with E-state index in [9.17, 15) is 18.0 Å². The Bertz CT molecular complexity index is 932. The molecule has 1 saturated heterocycles. The molecular formula is C20H28N4O4S. The highest BCUT2D eigenvalue weighted by molar-refractivity contribution is 7.90. The van der Waals surface area contributed by atoms with E-state index in [1.807, 2.05) is 27.7 Å². The first-order valence-electron chi connectivity index (χ1n) is 9.89. The topological polar surface area (TPSA) is 99.2 Å². The van der Waals surface area contributed by atoms with Gasteiger partial charge in [0.05, 0.1) is 4.90 Å². The Morgan fingerprint density at radius 1 is 0.966 bits per heavy atom. The normalized spacial score (nSPS) is 20.7. The first kappa shape index (κ1) is 21.3. The molecule has 0 aromatic heterocycles. The third-order valence-electron chi connectivity index (χ3n) is 5.21. The average Bonchev–Trinajstić information content (AvgIpc) is 2.95. The molecule has 1 aromatic carbocycles. The minimum atomic E-state index is -3.65. The van der Waals surface area contributed by atoms with Gasteiger partial charge in [0, 0.05) is 37.7 Å². The van der Waals surface area contributed by atoms with Gasteiger partial charge in [0.15, 0.2) is 0 Å². The molecule has 2 amide bonds. The van der Waals surface area contributed by atoms with Crippen molar-refractivity contribution in [2.75, 3.05) is 26.2 Å². The molecule has 1 aromatic rings. The zero-order valence-corrected chi connectivity index (χ0v) is 18.1. The van der Waals surface area contributed by atoms with Crippen LogP contribution in [0.4, 0.5) is 0 Å². The molecule has 2 heterocycles. The molecule has 0 spiro atoms. The Kier molecular flexibility index (Phi) is 5.97. The SMILES string of the molecule is CC(C)C(=O)N1CCN(C(=O)[C@@H](N=C2NS(=O)(=O)c3ccccc32)C(C)C)CC1. The second-order valence-electron chi connectivity index (χ2n) is 8.07. The van der Waals surface area contributed by atoms with Gasteiger partial charge in [-0.2, -0.15) is 0 Å². The zero-order chi connectivity index (χ0) is 21.3. The van der Waals surface area contributed by atoms with E-state index >= 15 is 0 Å². The highest BCUT2D eigenvalue weighted by atomic mass is 32.2. The molecule has 1 atom stereocenters. The number of amidine groups is 1. The quantitative estimate of drug-likeness (QED) is 0.788. The summed E-state index contributed by atoms with van der Waals surface area (Å²) in [6, 6.07) is 5.91. The molecule has 0 saturated carbocycles. The van der Waals surface area contributed by atoms with Gasteiger partial charge in [0.25, 0.3) is 10.0 Å². The summed E-state index contributed by atoms with van der Waals surface area (Å²) in [5.41, 5.74) is 0.485. The molecule has 1 N–H and O–H groups in total. The Labute approximate surface area is 172 Å². The standard InChI is InChI=1S/C20H28N4O4S/c1-13(2)17(20(26)24-11-9-23(10-12-24)19(25)14(3)4)21-18-15-7-5-6-8-16(15)29(27,28)22-18/h5-8,13-14,17H,9-12H2,1-4H3,(H,21,22)/t17-/m0/s1. The van der Waals surface area contributed by atoms with Crippen LogP contribution in [0, 0.1) is 11.8 Å². The van der Waals surface area contributed by atoms with E-state index in [1.165, 1.54) is 6.07 Å². The monoisotopic (exact) mass is 420 g/mol. The number of carbonyl (C=O) groups is 2. The number of nitrogens with zero attached hydrogens (tertiary/aromatic N) is 3. The van der Waals surface area contributed by atoms with Crippen molar-refractivity contribution in [1.82, 2.24) is 14.5 Å². The molecule has 158 valence electrons. The van der Waals surface area contributed by atoms with Crippen molar-refractivity contribution in [3.8, 4) is 0 Å². The minimum Gasteiger partial charge on any atom is -0.339 e. The molecule has 0 aliphatic carbocycles. The summed E-state index contributed by atoms with van der Waals surface area (Å²) in [5, 5.41) is 0. The lowest BCUT2D eigenvalue weighted by Gasteiger charge is -2.37. The first-order valence-corrected chi connectivity index (χ1v) is 11.4. The Hall–Kier alpha value is -2.42. The van der Waals surface area contributed by atoms with Gasteiger partial charge in [0.2, 0.25) is 11.8 Å². The van der Waals surface area contributed by atoms with Gasteiger partial charge in [-0.05, 0) is 18.1 Å². The predicted molar refractivity (Wildman–Crippen MR) is 110 cm³/mol. The van der Waals surface area contributed by atoms with E-state index < -0.39 is 16.1 Å². The number of amides is 2. The van der Waals surface area contributed by atoms with Crippen molar-refractivity contribution < 1.29 is 18.0 Å². The Balaban J connectivity index is 1.79. The summed E-state index contributed by atoms with van der Waals surface area (Å²) < 4.78 is 27.1. The molecule has 29 heavy (non-hydrogen) atoms. The van der Waals surface area contributed by atoms with Crippen molar-refractivity contribution in [3.63, 3.8) is 0 Å². The number of piperazine rings is 1. The van der Waals surface area contributed by atoms with E-state index in [0.29, 0.717) is 31.7 Å². The van der Waals surface area contributed by atoms with Crippen LogP contribution >= 0.6 is 0 Å². The fourth-order valence-corrected chi connectivity index (χ4v) is 4.80. The van der Waals surface area contributed by atoms with Crippen LogP contribution in [-0.2, 0) is 19.6 Å². The largest absolute Gasteiger partial charge is 0.339 e. The molecule has 9 heteroatoms. The number of benzene rings is 1. The molecule has 1 fully saturated rings. The fourth-order valence-electron chi connectivity index (χ4n) is 3.56. The lowest BCUT2D eigenvalue weighted by molar-refractivity contribution is -0.142. The minimum absolute atomic E-state index is 0.0671. The summed E-state index contributed by atoms with van der Waals surface area (Å²) in [4.78, 5) is 33.5. The number of aliphatic imine (C=N–C) groups is 1. The predicted octanol–water partition coefficient (Wildman–Crippen LogP) is 1.08. The highest BCUT2D eigenvalue weighted by Crippen LogP contribution is 2.24. The van der Waals surface area contributed by atoms with Crippen LogP contribution in [0.2, 0.25) is 0 Å². The number of fused-ring (bicyclic) bond motifs is 1. The Morgan fingerprint density at radius 3 is 2.07 bits per heavy atom. The van der Waals surface area contributed by atoms with Gasteiger partial charge in [-0.3, -0.25) is 19.3 Å². The van der Waals surface area contributed by atoms with Crippen molar-refractivity contribution in [2.45, 2.75) is 38.6 Å². The van der Waals surface area contributed by atoms with Gasteiger partial charge >= 0.3 is 0 Å². The van der Waals surface area contributed by atoms with Gasteiger partial charge in [0.1, 0.15) is 11.9 Å². The number of hydrogen-bond donors (Lipinski definition) is 1. The molecular weight excluding hydrogens is 392 g/mol. The van der Waals surface area contributed by atoms with E-state index in [1.54, 1.807) is 28.0 Å². The second kappa shape index (κ2) is 8.14. The summed E-state index contributed by atoms with van der Waals surface area (Å²) in [6.45, 7) is 9.41. The Morgan fingerprint density at radius 2 is 1.52 bits per heavy atom. The summed E-state index contributed by atoms with van der Waals surface area (Å²) in [6.07, 6.45) is 0. The van der Waals surface area contributed by atoms with Gasteiger partial charge in [-0.1, -0.05) is 39.8 Å². The van der Waals surface area contributed by atoms with Gasteiger partial charge < -0.3 is 9.80 Å². The highest BCUT2D eigenvalue weighted by Gasteiger charge is 2.35. The van der Waals surface area contributed by atoms with Crippen LogP contribution in [-0.4, -0.2) is 68.1 Å². The molecule has 2 aliphatic heterocycles. The summed E-state index contributed by atoms with van der Waals surface area (Å²) in [7, 11) is -3.65. The molecule has 0 bridgehead atoms. The van der Waals surface area contributed by atoms with Crippen LogP contribution in [0.3, 0.4) is 0 Å². The van der Waals surface area contributed by atoms with Crippen molar-refractivity contribution in [2.24, 2.45) is 16.8 Å². The maximum absolute atomic E-state index is 13.1. The fraction of sp³-hybridized carbons (Fsp3) is 0.550. The van der Waals surface area contributed by atoms with E-state index in [2.05, 4.69) is 9.71 Å². The van der Waals surface area contributed by atoms with Crippen LogP contribution in [0.25, 0.3) is 0 Å². The smallest absolute Gasteiger partial charge is 0.263 e. The van der Waals surface area contributed by atoms with E-state index in [4.69, 9.17) is 0 Å². The van der Waals surface area contributed by atoms with Crippen molar-refractivity contribution >= 4 is 27.7 Å². The van der Waals surface area contributed by atoms with Crippen molar-refractivity contribution in [1.29, 1.82) is 0 Å². The number of sulfonamides is 1. The molecule has 0 radical (unpaired) electrons. The zero-order valence-electron chi connectivity index (χ0n) is 17.3. The van der Waals surface area contributed by atoms with Crippen LogP contribution in [0.1, 0.15) is 33.3 Å². The maximum atomic E-state index is 13.1. The number of nitrogens with one attached hydrogen (secondary N) is 1. The van der Waals surface area contributed by atoms with Crippen molar-refractivity contribution in [3.05, 3.63) is 29.8 Å². The van der Waals surface area contributed by atoms with E-state index in [-0.39, 0.29) is 34.4 Å². The first-order chi connectivity index (χ1) is 13.6. The lowest BCUT2D eigenvalue weighted by Crippen LogP contribution is -2.54. The van der Waals surface area contributed by atoms with Crippen LogP contribution < -0.4 is 4.72 Å². The third-order valence-corrected chi connectivity index (χ3v) is 6.61. The second-order valence-corrected chi connectivity index (χ2v) is 9.72. The number of hydrogen-bond acceptors (Lipinski definition) is 5. The maximum Gasteiger partial charge on any atom is 0.263 e. The summed E-state index contributed by atoms with van der Waals surface area (Å²) >= 11 is 0. The molecule has 0 unspecified atom stereocenters. The number of rotatable bonds is 4. The molecule has 2 aliphatic rings. The average molecular weight is 421 g/mol. The summed E-state index contributed by atoms with van der Waals surface area (Å²) in [5.74, 6) is -0.0196. The van der Waals surface area contributed by atoms with Crippen LogP contribution in [0.15, 0.2) is 34.2 Å². The number of carbonyl (C=O) groups excluding carboxylic acids is 2. The van der Waals surface area contributed by atoms with Gasteiger partial charge in [-0.25, -0.2) is 8.42 Å². The van der Waals surface area contributed by atoms with Crippen LogP contribution in [0.5, 0.6) is 0 Å².